The number of nitrogens with zero attached hydrogens (tertiary/aromatic N) is 5. The molecule has 0 fully saturated rings. The second-order valence-corrected chi connectivity index (χ2v) is 9.60. The number of aromatic nitrogens is 4. The van der Waals surface area contributed by atoms with Crippen LogP contribution in [0.15, 0.2) is 62.6 Å². The van der Waals surface area contributed by atoms with Gasteiger partial charge in [-0.15, -0.1) is 0 Å². The van der Waals surface area contributed by atoms with E-state index in [1.54, 1.807) is 19.2 Å². The molecular weight excluding hydrogens is 494 g/mol. The van der Waals surface area contributed by atoms with E-state index in [4.69, 9.17) is 16.6 Å². The van der Waals surface area contributed by atoms with Gasteiger partial charge >= 0.3 is 5.69 Å². The minimum atomic E-state index is -0.392. The van der Waals surface area contributed by atoms with Crippen molar-refractivity contribution >= 4 is 50.3 Å². The van der Waals surface area contributed by atoms with Crippen molar-refractivity contribution < 1.29 is 0 Å². The minimum Gasteiger partial charge on any atom is -0.312 e. The quantitative estimate of drug-likeness (QED) is 0.412. The van der Waals surface area contributed by atoms with Crippen LogP contribution in [0, 0.1) is 5.92 Å². The summed E-state index contributed by atoms with van der Waals surface area (Å²) in [5.41, 5.74) is 1.94. The molecule has 0 spiro atoms. The van der Waals surface area contributed by atoms with E-state index in [-0.39, 0.29) is 12.1 Å². The van der Waals surface area contributed by atoms with E-state index >= 15 is 0 Å². The highest BCUT2D eigenvalue weighted by atomic mass is 79.9. The van der Waals surface area contributed by atoms with Crippen LogP contribution >= 0.6 is 27.5 Å². The average molecular weight is 515 g/mol. The van der Waals surface area contributed by atoms with Crippen LogP contribution in [0.4, 0.5) is 11.6 Å². The van der Waals surface area contributed by atoms with Gasteiger partial charge in [0.1, 0.15) is 0 Å². The Morgan fingerprint density at radius 3 is 2.44 bits per heavy atom. The van der Waals surface area contributed by atoms with Crippen LogP contribution in [0.3, 0.4) is 0 Å². The summed E-state index contributed by atoms with van der Waals surface area (Å²) in [4.78, 5) is 33.5. The molecule has 2 aromatic carbocycles. The van der Waals surface area contributed by atoms with Crippen LogP contribution in [-0.4, -0.2) is 25.2 Å². The first-order chi connectivity index (χ1) is 15.3. The van der Waals surface area contributed by atoms with Gasteiger partial charge in [0.2, 0.25) is 5.95 Å². The van der Waals surface area contributed by atoms with E-state index in [9.17, 15) is 9.59 Å². The predicted molar refractivity (Wildman–Crippen MR) is 130 cm³/mol. The summed E-state index contributed by atoms with van der Waals surface area (Å²) in [5.74, 6) is 0.974. The Kier molecular flexibility index (Phi) is 5.22. The van der Waals surface area contributed by atoms with E-state index in [0.29, 0.717) is 34.6 Å². The second-order valence-electron chi connectivity index (χ2n) is 8.25. The van der Waals surface area contributed by atoms with Gasteiger partial charge in [0.15, 0.2) is 11.2 Å². The zero-order chi connectivity index (χ0) is 22.6. The molecule has 7 nitrogen and oxygen atoms in total. The van der Waals surface area contributed by atoms with Gasteiger partial charge in [0.05, 0.1) is 6.54 Å². The van der Waals surface area contributed by atoms with Crippen molar-refractivity contribution in [2.24, 2.45) is 13.0 Å². The second kappa shape index (κ2) is 7.94. The maximum Gasteiger partial charge on any atom is 0.332 e. The van der Waals surface area contributed by atoms with Crippen LogP contribution in [0.5, 0.6) is 0 Å². The monoisotopic (exact) mass is 513 g/mol. The first-order valence-corrected chi connectivity index (χ1v) is 11.5. The molecule has 32 heavy (non-hydrogen) atoms. The van der Waals surface area contributed by atoms with Gasteiger partial charge in [0, 0.05) is 35.3 Å². The molecule has 164 valence electrons. The van der Waals surface area contributed by atoms with Crippen molar-refractivity contribution in [3.05, 3.63) is 84.4 Å². The first kappa shape index (κ1) is 21.0. The van der Waals surface area contributed by atoms with Crippen molar-refractivity contribution in [1.82, 2.24) is 18.7 Å². The van der Waals surface area contributed by atoms with Gasteiger partial charge in [-0.1, -0.05) is 46.6 Å². The summed E-state index contributed by atoms with van der Waals surface area (Å²) < 4.78 is 5.67. The smallest absolute Gasteiger partial charge is 0.312 e. The summed E-state index contributed by atoms with van der Waals surface area (Å²) in [6.45, 7) is 3.76. The Morgan fingerprint density at radius 1 is 1.06 bits per heavy atom. The van der Waals surface area contributed by atoms with Crippen LogP contribution < -0.4 is 16.1 Å². The zero-order valence-electron chi connectivity index (χ0n) is 17.6. The third kappa shape index (κ3) is 3.47. The van der Waals surface area contributed by atoms with Crippen LogP contribution in [0.2, 0.25) is 5.02 Å². The molecule has 0 aliphatic carbocycles. The Hall–Kier alpha value is -2.84. The molecule has 0 N–H and O–H groups in total. The fourth-order valence-electron chi connectivity index (χ4n) is 4.26. The van der Waals surface area contributed by atoms with Gasteiger partial charge in [-0.2, -0.15) is 4.98 Å². The number of aryl methyl sites for hydroxylation is 1. The molecule has 0 radical (unpaired) electrons. The highest BCUT2D eigenvalue weighted by molar-refractivity contribution is 9.10. The molecule has 0 unspecified atom stereocenters. The molecule has 1 aliphatic heterocycles. The molecule has 0 amide bonds. The molecule has 0 saturated heterocycles. The Labute approximate surface area is 197 Å². The number of fused-ring (bicyclic) bond motifs is 3. The lowest BCUT2D eigenvalue weighted by Crippen LogP contribution is -2.40. The number of hydrogen-bond acceptors (Lipinski definition) is 4. The molecule has 0 bridgehead atoms. The zero-order valence-corrected chi connectivity index (χ0v) is 20.0. The van der Waals surface area contributed by atoms with Crippen LogP contribution in [0.1, 0.15) is 12.5 Å². The van der Waals surface area contributed by atoms with Crippen molar-refractivity contribution in [1.29, 1.82) is 0 Å². The topological polar surface area (TPSA) is 65.1 Å². The van der Waals surface area contributed by atoms with Crippen LogP contribution in [0.25, 0.3) is 11.2 Å². The fraction of sp³-hybridized carbons (Fsp3) is 0.261. The molecule has 5 rings (SSSR count). The van der Waals surface area contributed by atoms with E-state index < -0.39 is 5.69 Å². The van der Waals surface area contributed by atoms with Crippen LogP contribution in [-0.2, 0) is 20.1 Å². The average Bonchev–Trinajstić information content (AvgIpc) is 3.16. The number of halogens is 2. The van der Waals surface area contributed by atoms with Crippen molar-refractivity contribution in [2.45, 2.75) is 20.0 Å². The lowest BCUT2D eigenvalue weighted by Gasteiger charge is -2.33. The number of imidazole rings is 1. The summed E-state index contributed by atoms with van der Waals surface area (Å²) in [6, 6.07) is 15.1. The van der Waals surface area contributed by atoms with Gasteiger partial charge in [-0.3, -0.25) is 13.9 Å². The van der Waals surface area contributed by atoms with E-state index in [1.807, 2.05) is 41.0 Å². The Bertz CT molecular complexity index is 1440. The third-order valence-corrected chi connectivity index (χ3v) is 6.62. The molecule has 1 aliphatic rings. The minimum absolute atomic E-state index is 0.172. The molecule has 0 saturated carbocycles. The van der Waals surface area contributed by atoms with Gasteiger partial charge in [-0.05, 0) is 47.9 Å². The number of anilines is 2. The summed E-state index contributed by atoms with van der Waals surface area (Å²) in [7, 11) is 1.66. The molecular formula is C23H21BrClN5O2. The first-order valence-electron chi connectivity index (χ1n) is 10.3. The lowest BCUT2D eigenvalue weighted by atomic mass is 10.1. The fourth-order valence-corrected chi connectivity index (χ4v) is 4.65. The molecule has 4 aromatic rings. The van der Waals surface area contributed by atoms with E-state index in [2.05, 4.69) is 27.8 Å². The van der Waals surface area contributed by atoms with E-state index in [1.165, 1.54) is 9.13 Å². The number of rotatable bonds is 3. The maximum absolute atomic E-state index is 13.5. The van der Waals surface area contributed by atoms with Gasteiger partial charge < -0.3 is 9.47 Å². The highest BCUT2D eigenvalue weighted by Crippen LogP contribution is 2.33. The third-order valence-electron chi connectivity index (χ3n) is 5.83. The van der Waals surface area contributed by atoms with Crippen molar-refractivity contribution in [3.8, 4) is 0 Å². The summed E-state index contributed by atoms with van der Waals surface area (Å²) in [5, 5.41) is 0.608. The predicted octanol–water partition coefficient (Wildman–Crippen LogP) is 4.15. The SMILES string of the molecule is C[C@H]1CN(c2ccc(Br)cc2)c2nc3c(c(=O)n(Cc4ccc(Cl)cc4)c(=O)n3C)n2C1. The summed E-state index contributed by atoms with van der Waals surface area (Å²) >= 11 is 9.46. The molecule has 1 atom stereocenters. The molecule has 3 heterocycles. The summed E-state index contributed by atoms with van der Waals surface area (Å²) in [6.07, 6.45) is 0. The Morgan fingerprint density at radius 2 is 1.75 bits per heavy atom. The van der Waals surface area contributed by atoms with Gasteiger partial charge in [-0.25, -0.2) is 4.79 Å². The molecule has 9 heteroatoms. The standard InChI is InChI=1S/C23H21BrClN5O2/c1-14-11-28(18-9-5-16(24)6-10-18)22-26-20-19(29(22)12-14)21(31)30(23(32)27(20)2)13-15-3-7-17(25)8-4-15/h3-10,14H,11-13H2,1-2H3/t14-/m0/s1. The largest absolute Gasteiger partial charge is 0.332 e. The van der Waals surface area contributed by atoms with E-state index in [0.717, 1.165) is 22.3 Å². The van der Waals surface area contributed by atoms with Crippen molar-refractivity contribution in [2.75, 3.05) is 11.4 Å². The maximum atomic E-state index is 13.5. The number of hydrogen-bond donors (Lipinski definition) is 0. The van der Waals surface area contributed by atoms with Crippen molar-refractivity contribution in [3.63, 3.8) is 0 Å². The Balaban J connectivity index is 1.70. The highest BCUT2D eigenvalue weighted by Gasteiger charge is 2.29. The lowest BCUT2D eigenvalue weighted by molar-refractivity contribution is 0.458. The normalized spacial score (nSPS) is 15.9. The number of benzene rings is 2. The molecule has 2 aromatic heterocycles. The van der Waals surface area contributed by atoms with Gasteiger partial charge in [0.25, 0.3) is 5.56 Å².